The first-order valence-electron chi connectivity index (χ1n) is 6.53. The van der Waals surface area contributed by atoms with Gasteiger partial charge in [-0.1, -0.05) is 6.07 Å². The molecule has 5 nitrogen and oxygen atoms in total. The molecule has 2 N–H and O–H groups in total. The van der Waals surface area contributed by atoms with E-state index >= 15 is 0 Å². The summed E-state index contributed by atoms with van der Waals surface area (Å²) in [6, 6.07) is 3.55. The van der Waals surface area contributed by atoms with Crippen molar-refractivity contribution in [3.05, 3.63) is 29.6 Å². The first-order valence-corrected chi connectivity index (χ1v) is 7.97. The number of hydrogen-bond acceptors (Lipinski definition) is 4. The summed E-state index contributed by atoms with van der Waals surface area (Å²) in [7, 11) is -1.78. The fourth-order valence-corrected chi connectivity index (χ4v) is 4.34. The molecule has 7 heteroatoms. The van der Waals surface area contributed by atoms with E-state index < -0.39 is 15.8 Å². The van der Waals surface area contributed by atoms with Crippen molar-refractivity contribution in [3.8, 4) is 0 Å². The summed E-state index contributed by atoms with van der Waals surface area (Å²) in [5.41, 5.74) is 6.23. The lowest BCUT2D eigenvalue weighted by molar-refractivity contribution is 0.164. The van der Waals surface area contributed by atoms with Gasteiger partial charge in [0, 0.05) is 26.2 Å². The van der Waals surface area contributed by atoms with Gasteiger partial charge in [-0.3, -0.25) is 0 Å². The summed E-state index contributed by atoms with van der Waals surface area (Å²) < 4.78 is 40.2. The molecule has 0 saturated carbocycles. The van der Waals surface area contributed by atoms with Crippen molar-refractivity contribution in [2.75, 3.05) is 33.2 Å². The maximum atomic E-state index is 13.4. The third kappa shape index (κ3) is 2.85. The molecule has 1 aromatic carbocycles. The van der Waals surface area contributed by atoms with Crippen LogP contribution in [0.15, 0.2) is 23.1 Å². The zero-order valence-corrected chi connectivity index (χ0v) is 12.5. The van der Waals surface area contributed by atoms with Gasteiger partial charge in [0.15, 0.2) is 0 Å². The lowest BCUT2D eigenvalue weighted by Gasteiger charge is -2.38. The Kier molecular flexibility index (Phi) is 4.43. The molecule has 1 aromatic rings. The molecular weight excluding hydrogens is 281 g/mol. The maximum absolute atomic E-state index is 13.4. The molecule has 0 aliphatic carbocycles. The highest BCUT2D eigenvalue weighted by Gasteiger charge is 2.35. The number of rotatable bonds is 3. The van der Waals surface area contributed by atoms with Gasteiger partial charge in [-0.05, 0) is 31.7 Å². The van der Waals surface area contributed by atoms with Crippen LogP contribution in [-0.2, 0) is 10.0 Å². The average Bonchev–Trinajstić information content (AvgIpc) is 2.40. The normalized spacial score (nSPS) is 22.1. The Morgan fingerprint density at radius 2 is 2.10 bits per heavy atom. The molecule has 1 atom stereocenters. The highest BCUT2D eigenvalue weighted by Crippen LogP contribution is 2.24. The van der Waals surface area contributed by atoms with Gasteiger partial charge < -0.3 is 10.6 Å². The van der Waals surface area contributed by atoms with Crippen molar-refractivity contribution in [3.63, 3.8) is 0 Å². The van der Waals surface area contributed by atoms with Gasteiger partial charge in [0.1, 0.15) is 5.82 Å². The number of sulfonamides is 1. The summed E-state index contributed by atoms with van der Waals surface area (Å²) in [5.74, 6) is -0.549. The Morgan fingerprint density at radius 3 is 2.75 bits per heavy atom. The standard InChI is InChI=1S/C13H20FN3O2S/c1-10-3-4-11(14)7-13(10)20(18,19)17-6-5-16(2)9-12(17)8-15/h3-4,7,12H,5-6,8-9,15H2,1-2H3. The minimum atomic E-state index is -3.71. The number of benzene rings is 1. The van der Waals surface area contributed by atoms with Gasteiger partial charge in [-0.25, -0.2) is 12.8 Å². The van der Waals surface area contributed by atoms with E-state index in [1.165, 1.54) is 16.4 Å². The minimum Gasteiger partial charge on any atom is -0.329 e. The quantitative estimate of drug-likeness (QED) is 0.877. The molecule has 1 unspecified atom stereocenters. The van der Waals surface area contributed by atoms with E-state index in [9.17, 15) is 12.8 Å². The zero-order chi connectivity index (χ0) is 14.9. The van der Waals surface area contributed by atoms with Crippen molar-refractivity contribution in [2.24, 2.45) is 5.73 Å². The zero-order valence-electron chi connectivity index (χ0n) is 11.7. The molecule has 0 aromatic heterocycles. The largest absolute Gasteiger partial charge is 0.329 e. The van der Waals surface area contributed by atoms with Crippen LogP contribution in [0.2, 0.25) is 0 Å². The van der Waals surface area contributed by atoms with E-state index in [-0.39, 0.29) is 17.5 Å². The van der Waals surface area contributed by atoms with Crippen LogP contribution in [0.4, 0.5) is 4.39 Å². The number of likely N-dealkylation sites (N-methyl/N-ethyl adjacent to an activating group) is 1. The molecule has 112 valence electrons. The Bertz CT molecular complexity index is 591. The predicted octanol–water partition coefficient (Wildman–Crippen LogP) is 0.398. The van der Waals surface area contributed by atoms with E-state index in [2.05, 4.69) is 0 Å². The van der Waals surface area contributed by atoms with Crippen LogP contribution in [0, 0.1) is 12.7 Å². The van der Waals surface area contributed by atoms with Crippen LogP contribution in [0.1, 0.15) is 5.56 Å². The first kappa shape index (κ1) is 15.4. The van der Waals surface area contributed by atoms with E-state index in [4.69, 9.17) is 5.73 Å². The van der Waals surface area contributed by atoms with Crippen LogP contribution in [0.5, 0.6) is 0 Å². The molecule has 0 spiro atoms. The Hall–Kier alpha value is -1.02. The molecule has 20 heavy (non-hydrogen) atoms. The summed E-state index contributed by atoms with van der Waals surface area (Å²) >= 11 is 0. The molecule has 1 aliphatic heterocycles. The number of nitrogens with two attached hydrogens (primary N) is 1. The number of nitrogens with zero attached hydrogens (tertiary/aromatic N) is 2. The fourth-order valence-electron chi connectivity index (χ4n) is 2.48. The third-order valence-corrected chi connectivity index (χ3v) is 5.73. The topological polar surface area (TPSA) is 66.6 Å². The Balaban J connectivity index is 2.41. The second-order valence-corrected chi connectivity index (χ2v) is 7.04. The minimum absolute atomic E-state index is 0.0282. The van der Waals surface area contributed by atoms with Gasteiger partial charge in [0.25, 0.3) is 0 Å². The number of aryl methyl sites for hydroxylation is 1. The monoisotopic (exact) mass is 301 g/mol. The van der Waals surface area contributed by atoms with Crippen molar-refractivity contribution in [1.29, 1.82) is 0 Å². The number of hydrogen-bond donors (Lipinski definition) is 1. The van der Waals surface area contributed by atoms with Gasteiger partial charge >= 0.3 is 0 Å². The van der Waals surface area contributed by atoms with E-state index in [0.29, 0.717) is 25.2 Å². The molecule has 1 heterocycles. The van der Waals surface area contributed by atoms with E-state index in [1.54, 1.807) is 6.92 Å². The molecular formula is C13H20FN3O2S. The molecule has 0 radical (unpaired) electrons. The molecule has 1 aliphatic rings. The smallest absolute Gasteiger partial charge is 0.243 e. The summed E-state index contributed by atoms with van der Waals surface area (Å²) in [4.78, 5) is 2.07. The molecule has 2 rings (SSSR count). The van der Waals surface area contributed by atoms with Crippen LogP contribution in [-0.4, -0.2) is 56.9 Å². The number of piperazine rings is 1. The van der Waals surface area contributed by atoms with Crippen molar-refractivity contribution in [2.45, 2.75) is 17.9 Å². The molecule has 0 amide bonds. The van der Waals surface area contributed by atoms with Gasteiger partial charge in [-0.15, -0.1) is 0 Å². The molecule has 1 fully saturated rings. The average molecular weight is 301 g/mol. The summed E-state index contributed by atoms with van der Waals surface area (Å²) in [5, 5.41) is 0. The van der Waals surface area contributed by atoms with Crippen LogP contribution in [0.25, 0.3) is 0 Å². The molecule has 0 bridgehead atoms. The van der Waals surface area contributed by atoms with E-state index in [0.717, 1.165) is 6.07 Å². The highest BCUT2D eigenvalue weighted by molar-refractivity contribution is 7.89. The second kappa shape index (κ2) is 5.77. The first-order chi connectivity index (χ1) is 9.36. The summed E-state index contributed by atoms with van der Waals surface area (Å²) in [6.07, 6.45) is 0. The van der Waals surface area contributed by atoms with Gasteiger partial charge in [0.05, 0.1) is 10.9 Å². The van der Waals surface area contributed by atoms with E-state index in [1.807, 2.05) is 11.9 Å². The lowest BCUT2D eigenvalue weighted by Crippen LogP contribution is -2.56. The second-order valence-electron chi connectivity index (χ2n) is 5.18. The lowest BCUT2D eigenvalue weighted by atomic mass is 10.2. The Labute approximate surface area is 119 Å². The van der Waals surface area contributed by atoms with Crippen LogP contribution < -0.4 is 5.73 Å². The number of halogens is 1. The predicted molar refractivity (Wildman–Crippen MR) is 75.4 cm³/mol. The highest BCUT2D eigenvalue weighted by atomic mass is 32.2. The van der Waals surface area contributed by atoms with Crippen molar-refractivity contribution < 1.29 is 12.8 Å². The van der Waals surface area contributed by atoms with Crippen molar-refractivity contribution >= 4 is 10.0 Å². The maximum Gasteiger partial charge on any atom is 0.243 e. The van der Waals surface area contributed by atoms with Gasteiger partial charge in [-0.2, -0.15) is 4.31 Å². The van der Waals surface area contributed by atoms with Crippen LogP contribution >= 0.6 is 0 Å². The summed E-state index contributed by atoms with van der Waals surface area (Å²) in [6.45, 7) is 3.52. The van der Waals surface area contributed by atoms with Crippen LogP contribution in [0.3, 0.4) is 0 Å². The third-order valence-electron chi connectivity index (χ3n) is 3.64. The SMILES string of the molecule is Cc1ccc(F)cc1S(=O)(=O)N1CCN(C)CC1CN. The fraction of sp³-hybridized carbons (Fsp3) is 0.538. The Morgan fingerprint density at radius 1 is 1.40 bits per heavy atom. The molecule has 1 saturated heterocycles. The van der Waals surface area contributed by atoms with Crippen molar-refractivity contribution in [1.82, 2.24) is 9.21 Å². The van der Waals surface area contributed by atoms with Gasteiger partial charge in [0.2, 0.25) is 10.0 Å².